The second kappa shape index (κ2) is 12.6. The molecule has 0 fully saturated rings. The van der Waals surface area contributed by atoms with E-state index in [9.17, 15) is 17.8 Å². The molecule has 39 heavy (non-hydrogen) atoms. The first-order valence-corrected chi connectivity index (χ1v) is 14.3. The Morgan fingerprint density at radius 3 is 2.64 bits per heavy atom. The van der Waals surface area contributed by atoms with Crippen LogP contribution in [0.2, 0.25) is 5.28 Å². The van der Waals surface area contributed by atoms with Crippen LogP contribution < -0.4 is 15.8 Å². The number of hydrogen-bond donors (Lipinski definition) is 2. The van der Waals surface area contributed by atoms with Gasteiger partial charge < -0.3 is 20.5 Å². The molecule has 0 radical (unpaired) electrons. The van der Waals surface area contributed by atoms with E-state index in [0.29, 0.717) is 35.5 Å². The maximum Gasteiger partial charge on any atom is 0.442 e. The van der Waals surface area contributed by atoms with Crippen molar-refractivity contribution in [3.63, 3.8) is 0 Å². The molecule has 1 heterocycles. The normalized spacial score (nSPS) is 12.9. The second-order valence-corrected chi connectivity index (χ2v) is 12.5. The first-order valence-electron chi connectivity index (χ1n) is 11.9. The number of carbonyl (C=O) groups is 1. The van der Waals surface area contributed by atoms with Gasteiger partial charge in [0.15, 0.2) is 5.82 Å². The molecule has 0 spiro atoms. The van der Waals surface area contributed by atoms with E-state index in [-0.39, 0.29) is 29.0 Å². The van der Waals surface area contributed by atoms with E-state index < -0.39 is 33.1 Å². The SMILES string of the molecule is CC(C)(C)OC(=O)N=S(C)(=O)Cc1cc(N)cc(OCCCNc2cc(-c3nc(Cl)ncc3F)ccc2F)c1. The summed E-state index contributed by atoms with van der Waals surface area (Å²) >= 11 is 5.76. The third kappa shape index (κ3) is 9.63. The third-order valence-electron chi connectivity index (χ3n) is 4.94. The molecule has 0 saturated carbocycles. The minimum atomic E-state index is -2.93. The summed E-state index contributed by atoms with van der Waals surface area (Å²) in [5, 5.41) is 2.84. The highest BCUT2D eigenvalue weighted by molar-refractivity contribution is 7.92. The molecule has 1 unspecified atom stereocenters. The number of nitrogens with one attached hydrogen (secondary N) is 1. The zero-order valence-electron chi connectivity index (χ0n) is 22.0. The van der Waals surface area contributed by atoms with Gasteiger partial charge in [0.2, 0.25) is 5.28 Å². The predicted octanol–water partition coefficient (Wildman–Crippen LogP) is 6.07. The van der Waals surface area contributed by atoms with E-state index in [0.717, 1.165) is 6.20 Å². The van der Waals surface area contributed by atoms with E-state index in [2.05, 4.69) is 19.6 Å². The number of nitrogens with two attached hydrogens (primary N) is 1. The van der Waals surface area contributed by atoms with E-state index in [1.54, 1.807) is 39.0 Å². The molecule has 2 aromatic carbocycles. The van der Waals surface area contributed by atoms with Crippen molar-refractivity contribution in [2.24, 2.45) is 4.36 Å². The van der Waals surface area contributed by atoms with Crippen molar-refractivity contribution >= 4 is 38.8 Å². The Labute approximate surface area is 231 Å². The summed E-state index contributed by atoms with van der Waals surface area (Å²) in [6.07, 6.45) is 1.92. The third-order valence-corrected chi connectivity index (χ3v) is 6.53. The molecule has 9 nitrogen and oxygen atoms in total. The number of rotatable bonds is 9. The van der Waals surface area contributed by atoms with Gasteiger partial charge in [-0.2, -0.15) is 0 Å². The number of benzene rings is 2. The Kier molecular flexibility index (Phi) is 9.68. The zero-order valence-corrected chi connectivity index (χ0v) is 23.5. The summed E-state index contributed by atoms with van der Waals surface area (Å²) in [5.41, 5.74) is 6.68. The molecule has 210 valence electrons. The van der Waals surface area contributed by atoms with Gasteiger partial charge in [-0.3, -0.25) is 0 Å². The zero-order chi connectivity index (χ0) is 28.8. The highest BCUT2D eigenvalue weighted by Gasteiger charge is 2.18. The molecule has 3 rings (SSSR count). The van der Waals surface area contributed by atoms with Crippen LogP contribution in [-0.2, 0) is 20.2 Å². The minimum Gasteiger partial charge on any atom is -0.493 e. The summed E-state index contributed by atoms with van der Waals surface area (Å²) in [4.78, 5) is 19.4. The highest BCUT2D eigenvalue weighted by atomic mass is 35.5. The van der Waals surface area contributed by atoms with Crippen molar-refractivity contribution in [2.45, 2.75) is 38.5 Å². The van der Waals surface area contributed by atoms with Crippen molar-refractivity contribution in [1.82, 2.24) is 9.97 Å². The van der Waals surface area contributed by atoms with E-state index in [1.807, 2.05) is 0 Å². The number of halogens is 3. The van der Waals surface area contributed by atoms with Gasteiger partial charge in [0.25, 0.3) is 0 Å². The first-order chi connectivity index (χ1) is 18.2. The fourth-order valence-electron chi connectivity index (χ4n) is 3.47. The fourth-order valence-corrected chi connectivity index (χ4v) is 4.81. The lowest BCUT2D eigenvalue weighted by atomic mass is 10.1. The summed E-state index contributed by atoms with van der Waals surface area (Å²) in [5.74, 6) is -0.769. The standard InChI is InChI=1S/C26H30ClF2N5O4S/c1-26(2,3)38-25(35)34-39(4,36)15-16-10-18(30)13-19(11-16)37-9-5-8-31-22-12-17(6-7-20(22)28)23-21(29)14-32-24(27)33-23/h6-7,10-14,31H,5,8-9,15,30H2,1-4H3. The van der Waals surface area contributed by atoms with Crippen molar-refractivity contribution in [3.8, 4) is 17.0 Å². The van der Waals surface area contributed by atoms with Crippen LogP contribution in [0.5, 0.6) is 5.75 Å². The summed E-state index contributed by atoms with van der Waals surface area (Å²) in [6.45, 7) is 5.69. The molecular formula is C26H30ClF2N5O4S. The minimum absolute atomic E-state index is 0.0248. The Bertz CT molecular complexity index is 1470. The molecule has 3 aromatic rings. The lowest BCUT2D eigenvalue weighted by Gasteiger charge is -2.17. The topological polar surface area (TPSA) is 129 Å². The quantitative estimate of drug-likeness (QED) is 0.177. The number of nitrogens with zero attached hydrogens (tertiary/aromatic N) is 3. The maximum atomic E-state index is 14.3. The second-order valence-electron chi connectivity index (χ2n) is 9.74. The van der Waals surface area contributed by atoms with Gasteiger partial charge >= 0.3 is 6.09 Å². The summed E-state index contributed by atoms with van der Waals surface area (Å²) in [6, 6.07) is 8.96. The van der Waals surface area contributed by atoms with Crippen molar-refractivity contribution in [1.29, 1.82) is 0 Å². The summed E-state index contributed by atoms with van der Waals surface area (Å²) in [7, 11) is -2.93. The van der Waals surface area contributed by atoms with Gasteiger partial charge in [-0.1, -0.05) is 0 Å². The van der Waals surface area contributed by atoms with Crippen LogP contribution in [0.15, 0.2) is 47.0 Å². The van der Waals surface area contributed by atoms with Crippen LogP contribution in [0.3, 0.4) is 0 Å². The van der Waals surface area contributed by atoms with Crippen LogP contribution in [0.1, 0.15) is 32.8 Å². The average Bonchev–Trinajstić information content (AvgIpc) is 2.79. The average molecular weight is 582 g/mol. The lowest BCUT2D eigenvalue weighted by molar-refractivity contribution is 0.0607. The largest absolute Gasteiger partial charge is 0.493 e. The number of anilines is 2. The van der Waals surface area contributed by atoms with Gasteiger partial charge in [-0.15, -0.1) is 4.36 Å². The molecule has 3 N–H and O–H groups in total. The van der Waals surface area contributed by atoms with Gasteiger partial charge in [0, 0.05) is 30.1 Å². The Hall–Kier alpha value is -3.51. The fraction of sp³-hybridized carbons (Fsp3) is 0.346. The smallest absolute Gasteiger partial charge is 0.442 e. The molecule has 1 aromatic heterocycles. The van der Waals surface area contributed by atoms with Crippen LogP contribution in [0, 0.1) is 11.6 Å². The number of nitrogen functional groups attached to an aromatic ring is 1. The van der Waals surface area contributed by atoms with Crippen molar-refractivity contribution in [3.05, 3.63) is 65.1 Å². The number of ether oxygens (including phenoxy) is 2. The van der Waals surface area contributed by atoms with Crippen molar-refractivity contribution in [2.75, 3.05) is 30.5 Å². The molecule has 0 aliphatic carbocycles. The van der Waals surface area contributed by atoms with Crippen molar-refractivity contribution < 1.29 is 27.3 Å². The Morgan fingerprint density at radius 2 is 1.92 bits per heavy atom. The molecule has 0 saturated heterocycles. The maximum absolute atomic E-state index is 14.3. The summed E-state index contributed by atoms with van der Waals surface area (Å²) < 4.78 is 55.9. The van der Waals surface area contributed by atoms with E-state index in [4.69, 9.17) is 26.8 Å². The molecule has 0 aliphatic rings. The monoisotopic (exact) mass is 581 g/mol. The molecule has 1 amide bonds. The van der Waals surface area contributed by atoms with Crippen LogP contribution in [0.4, 0.5) is 25.0 Å². The van der Waals surface area contributed by atoms with Gasteiger partial charge in [0.05, 0.1) is 34.0 Å². The highest BCUT2D eigenvalue weighted by Crippen LogP contribution is 2.26. The van der Waals surface area contributed by atoms with Crippen LogP contribution in [-0.4, -0.2) is 45.3 Å². The number of carbonyl (C=O) groups excluding carboxylic acids is 1. The first kappa shape index (κ1) is 30.0. The van der Waals surface area contributed by atoms with Crippen LogP contribution >= 0.6 is 11.6 Å². The predicted molar refractivity (Wildman–Crippen MR) is 148 cm³/mol. The molecule has 0 aliphatic heterocycles. The van der Waals surface area contributed by atoms with E-state index >= 15 is 0 Å². The molecule has 13 heteroatoms. The van der Waals surface area contributed by atoms with Gasteiger partial charge in [0.1, 0.15) is 22.9 Å². The Balaban J connectivity index is 1.58. The lowest BCUT2D eigenvalue weighted by Crippen LogP contribution is -2.22. The van der Waals surface area contributed by atoms with Gasteiger partial charge in [-0.25, -0.2) is 27.8 Å². The molecular weight excluding hydrogens is 552 g/mol. The number of amides is 1. The van der Waals surface area contributed by atoms with E-state index in [1.165, 1.54) is 24.5 Å². The number of hydrogen-bond acceptors (Lipinski definition) is 8. The molecule has 0 bridgehead atoms. The van der Waals surface area contributed by atoms with Crippen LogP contribution in [0.25, 0.3) is 11.3 Å². The van der Waals surface area contributed by atoms with Gasteiger partial charge in [-0.05, 0) is 74.7 Å². The number of aromatic nitrogens is 2. The molecule has 1 atom stereocenters. The Morgan fingerprint density at radius 1 is 1.18 bits per heavy atom.